The fourth-order valence-corrected chi connectivity index (χ4v) is 1.31. The maximum absolute atomic E-state index is 10.7. The first kappa shape index (κ1) is 29.1. The van der Waals surface area contributed by atoms with Gasteiger partial charge in [-0.3, -0.25) is 0 Å². The molecule has 2 aromatic rings. The molecule has 0 heterocycles. The van der Waals surface area contributed by atoms with Crippen LogP contribution in [-0.2, 0) is 32.7 Å². The Morgan fingerprint density at radius 3 is 1.13 bits per heavy atom. The van der Waals surface area contributed by atoms with Gasteiger partial charge in [-0.2, -0.15) is 0 Å². The Hall–Kier alpha value is 1.36. The molecule has 0 saturated carbocycles. The van der Waals surface area contributed by atoms with Crippen molar-refractivity contribution in [2.45, 2.75) is 0 Å². The average Bonchev–Trinajstić information content (AvgIpc) is 2.40. The molecule has 0 aliphatic rings. The van der Waals surface area contributed by atoms with Crippen LogP contribution in [-0.4, -0.2) is 11.8 Å². The first-order valence-corrected chi connectivity index (χ1v) is 5.47. The van der Waals surface area contributed by atoms with Gasteiger partial charge in [0.05, 0.1) is 11.8 Å². The second-order valence-electron chi connectivity index (χ2n) is 3.65. The van der Waals surface area contributed by atoms with Crippen molar-refractivity contribution >= 4 is 11.8 Å². The molecule has 0 atom stereocenters. The maximum Gasteiger partial charge on any atom is 1.00 e. The topological polar surface area (TPSA) is 128 Å². The molecule has 0 saturated heterocycles. The Bertz CT molecular complexity index is 586. The van der Waals surface area contributed by atoms with Gasteiger partial charge in [-0.1, -0.05) is 60.0 Å². The second kappa shape index (κ2) is 15.6. The number of hydrogen-bond acceptors (Lipinski definition) is 4. The molecule has 6 nitrogen and oxygen atoms in total. The molecule has 0 aliphatic heterocycles. The molecule has 0 fully saturated rings. The van der Waals surface area contributed by atoms with E-state index in [1.807, 2.05) is 0 Å². The molecule has 2 aromatic carbocycles. The zero-order chi connectivity index (χ0) is 15.1. The monoisotopic (exact) mass is 437 g/mol. The summed E-state index contributed by atoms with van der Waals surface area (Å²) in [5.41, 5.74) is 13.1. The molecule has 0 spiro atoms. The summed E-state index contributed by atoms with van der Waals surface area (Å²) in [6, 6.07) is 11.4. The van der Waals surface area contributed by atoms with Crippen LogP contribution in [0, 0.1) is 0 Å². The van der Waals surface area contributed by atoms with Gasteiger partial charge in [0, 0.05) is 32.7 Å². The van der Waals surface area contributed by atoms with Crippen molar-refractivity contribution in [2.75, 3.05) is 0 Å². The Kier molecular flexibility index (Phi) is 19.8. The molecule has 23 heavy (non-hydrogen) atoms. The van der Waals surface area contributed by atoms with E-state index in [2.05, 4.69) is 0 Å². The van der Waals surface area contributed by atoms with Gasteiger partial charge in [0.25, 0.3) is 0 Å². The van der Waals surface area contributed by atoms with Crippen LogP contribution in [0.25, 0.3) is 11.5 Å². The Balaban J connectivity index is -0.000000308. The van der Waals surface area contributed by atoms with E-state index in [0.717, 1.165) is 0 Å². The molecule has 2 N–H and O–H groups in total. The standard InChI is InChI=1S/2C7H7NO2.2K.Y/c2*8-7(10)5-3-1-2-4-6(5)9;;;/h2*1-4H,(H3,8,9,10);;;/q;;2*+1;/p-4. The molecular formula is C14H10K2N2O4Y-2. The van der Waals surface area contributed by atoms with E-state index in [9.17, 15) is 19.8 Å². The number of para-hydroxylation sites is 2. The normalized spacial score (nSPS) is 8.00. The molecule has 0 aliphatic carbocycles. The molecule has 9 heteroatoms. The number of carbonyl (C=O) groups is 2. The first-order chi connectivity index (χ1) is 9.43. The third kappa shape index (κ3) is 10.8. The summed E-state index contributed by atoms with van der Waals surface area (Å²) in [4.78, 5) is 20.7. The summed E-state index contributed by atoms with van der Waals surface area (Å²) in [5.74, 6) is -2.62. The van der Waals surface area contributed by atoms with E-state index in [4.69, 9.17) is 11.5 Å². The van der Waals surface area contributed by atoms with E-state index in [1.54, 1.807) is 12.1 Å². The summed E-state index contributed by atoms with van der Waals surface area (Å²) in [6.45, 7) is 0. The second-order valence-corrected chi connectivity index (χ2v) is 3.65. The van der Waals surface area contributed by atoms with Crippen molar-refractivity contribution in [3.63, 3.8) is 0 Å². The minimum Gasteiger partial charge on any atom is -0.872 e. The first-order valence-electron chi connectivity index (χ1n) is 5.47. The van der Waals surface area contributed by atoms with Gasteiger partial charge in [0.15, 0.2) is 0 Å². The van der Waals surface area contributed by atoms with Crippen LogP contribution in [0.5, 0.6) is 11.5 Å². The largest absolute Gasteiger partial charge is 1.00 e. The van der Waals surface area contributed by atoms with Gasteiger partial charge in [-0.25, -0.2) is 0 Å². The number of amides is 2. The van der Waals surface area contributed by atoms with Gasteiger partial charge in [-0.05, 0) is 11.1 Å². The predicted octanol–water partition coefficient (Wildman–Crippen LogP) is -4.09. The maximum atomic E-state index is 10.7. The van der Waals surface area contributed by atoms with Gasteiger partial charge in [-0.15, -0.1) is 0 Å². The van der Waals surface area contributed by atoms with Gasteiger partial charge in [0.1, 0.15) is 0 Å². The molecule has 107 valence electrons. The van der Waals surface area contributed by atoms with E-state index >= 15 is 0 Å². The van der Waals surface area contributed by atoms with Crippen LogP contribution in [0.15, 0.2) is 48.5 Å². The van der Waals surface area contributed by atoms with Gasteiger partial charge >= 0.3 is 103 Å². The van der Waals surface area contributed by atoms with Crippen LogP contribution in [0.3, 0.4) is 0 Å². The predicted molar refractivity (Wildman–Crippen MR) is 69.1 cm³/mol. The zero-order valence-electron chi connectivity index (χ0n) is 12.8. The summed E-state index contributed by atoms with van der Waals surface area (Å²) in [6.07, 6.45) is 0. The molecule has 1 radical (unpaired) electrons. The van der Waals surface area contributed by atoms with Crippen LogP contribution >= 0.6 is 0 Å². The summed E-state index contributed by atoms with van der Waals surface area (Å²) >= 11 is 0. The Morgan fingerprint density at radius 1 is 0.696 bits per heavy atom. The SMILES string of the molecule is [K+].[K+].[NH-]C(=O)c1ccccc1[O-].[NH-]C(=O)c1ccccc1[O-].[Y]. The molecule has 0 bridgehead atoms. The van der Waals surface area contributed by atoms with E-state index in [-0.39, 0.29) is 158 Å². The Morgan fingerprint density at radius 2 is 0.957 bits per heavy atom. The van der Waals surface area contributed by atoms with Gasteiger partial charge in [0.2, 0.25) is 0 Å². The molecule has 0 unspecified atom stereocenters. The van der Waals surface area contributed by atoms with Crippen LogP contribution in [0.1, 0.15) is 20.7 Å². The average molecular weight is 437 g/mol. The fourth-order valence-electron chi connectivity index (χ4n) is 1.31. The van der Waals surface area contributed by atoms with E-state index in [0.29, 0.717) is 0 Å². The van der Waals surface area contributed by atoms with Crippen molar-refractivity contribution in [1.82, 2.24) is 0 Å². The van der Waals surface area contributed by atoms with Crippen molar-refractivity contribution in [3.8, 4) is 11.5 Å². The molecule has 0 aromatic heterocycles. The quantitative estimate of drug-likeness (QED) is 0.443. The van der Waals surface area contributed by atoms with E-state index < -0.39 is 11.8 Å². The minimum atomic E-state index is -0.925. The summed E-state index contributed by atoms with van der Waals surface area (Å²) in [5, 5.41) is 21.4. The number of rotatable bonds is 2. The van der Waals surface area contributed by atoms with Crippen molar-refractivity contribution in [2.24, 2.45) is 0 Å². The Labute approximate surface area is 244 Å². The molecular weight excluding hydrogens is 427 g/mol. The minimum absolute atomic E-state index is 0. The third-order valence-electron chi connectivity index (χ3n) is 2.26. The third-order valence-corrected chi connectivity index (χ3v) is 2.26. The smallest absolute Gasteiger partial charge is 0.872 e. The molecule has 2 amide bonds. The van der Waals surface area contributed by atoms with Crippen LogP contribution in [0.2, 0.25) is 0 Å². The number of benzene rings is 2. The molecule has 2 rings (SSSR count). The van der Waals surface area contributed by atoms with Crippen molar-refractivity contribution < 1.29 is 155 Å². The van der Waals surface area contributed by atoms with Crippen LogP contribution < -0.4 is 113 Å². The van der Waals surface area contributed by atoms with Crippen molar-refractivity contribution in [1.29, 1.82) is 0 Å². The zero-order valence-corrected chi connectivity index (χ0v) is 21.9. The van der Waals surface area contributed by atoms with E-state index in [1.165, 1.54) is 36.4 Å². The number of nitrogens with one attached hydrogen (secondary N) is 2. The van der Waals surface area contributed by atoms with Crippen LogP contribution in [0.4, 0.5) is 0 Å². The fraction of sp³-hybridized carbons (Fsp3) is 0. The van der Waals surface area contributed by atoms with Crippen molar-refractivity contribution in [3.05, 3.63) is 71.1 Å². The number of carbonyl (C=O) groups excluding carboxylic acids is 2. The summed E-state index contributed by atoms with van der Waals surface area (Å²) in [7, 11) is 0. The summed E-state index contributed by atoms with van der Waals surface area (Å²) < 4.78 is 0. The number of hydrogen-bond donors (Lipinski definition) is 0. The van der Waals surface area contributed by atoms with Gasteiger partial charge < -0.3 is 31.3 Å².